The maximum Gasteiger partial charge on any atom is 0.273 e. The molecule has 7 heteroatoms. The van der Waals surface area contributed by atoms with Gasteiger partial charge in [-0.05, 0) is 31.0 Å². The normalized spacial score (nSPS) is 18.7. The zero-order chi connectivity index (χ0) is 16.9. The molecule has 0 radical (unpaired) electrons. The third kappa shape index (κ3) is 2.26. The fourth-order valence-electron chi connectivity index (χ4n) is 3.79. The Morgan fingerprint density at radius 3 is 2.84 bits per heavy atom. The van der Waals surface area contributed by atoms with Crippen molar-refractivity contribution in [3.63, 3.8) is 0 Å². The molecule has 2 fully saturated rings. The van der Waals surface area contributed by atoms with E-state index in [2.05, 4.69) is 24.8 Å². The molecular formula is C18H18N6O. The zero-order valence-corrected chi connectivity index (χ0v) is 13.7. The highest BCUT2D eigenvalue weighted by atomic mass is 16.2. The van der Waals surface area contributed by atoms with Crippen LogP contribution in [0.4, 0.5) is 5.82 Å². The molecule has 1 aliphatic heterocycles. The van der Waals surface area contributed by atoms with Gasteiger partial charge in [0.2, 0.25) is 0 Å². The van der Waals surface area contributed by atoms with Crippen LogP contribution >= 0.6 is 0 Å². The topological polar surface area (TPSA) is 78.0 Å². The van der Waals surface area contributed by atoms with E-state index in [9.17, 15) is 4.79 Å². The SMILES string of the molecule is O=C(c1ccccn1)N1CCN(c2ncnc3[nH]ccc23)CC12CC2. The van der Waals surface area contributed by atoms with Gasteiger partial charge in [-0.2, -0.15) is 0 Å². The number of pyridine rings is 1. The zero-order valence-electron chi connectivity index (χ0n) is 13.7. The van der Waals surface area contributed by atoms with E-state index in [1.54, 1.807) is 18.6 Å². The van der Waals surface area contributed by atoms with E-state index in [0.717, 1.165) is 42.8 Å². The monoisotopic (exact) mass is 334 g/mol. The smallest absolute Gasteiger partial charge is 0.273 e. The van der Waals surface area contributed by atoms with Crippen molar-refractivity contribution < 1.29 is 4.79 Å². The van der Waals surface area contributed by atoms with E-state index in [1.165, 1.54) is 0 Å². The lowest BCUT2D eigenvalue weighted by Gasteiger charge is -2.42. The van der Waals surface area contributed by atoms with Crippen LogP contribution in [-0.4, -0.2) is 55.9 Å². The van der Waals surface area contributed by atoms with E-state index in [1.807, 2.05) is 29.3 Å². The standard InChI is InChI=1S/C18H18N6O/c25-17(14-3-1-2-7-19-14)24-10-9-23(11-18(24)5-6-18)16-13-4-8-20-15(13)21-12-22-16/h1-4,7-8,12H,5-6,9-11H2,(H,20,21,22). The van der Waals surface area contributed by atoms with Gasteiger partial charge in [0.1, 0.15) is 23.5 Å². The van der Waals surface area contributed by atoms with Gasteiger partial charge in [0.25, 0.3) is 5.91 Å². The minimum absolute atomic E-state index is 0.0345. The van der Waals surface area contributed by atoms with Crippen LogP contribution in [0, 0.1) is 0 Å². The number of H-pyrrole nitrogens is 1. The van der Waals surface area contributed by atoms with Crippen LogP contribution in [0.2, 0.25) is 0 Å². The number of anilines is 1. The number of nitrogens with zero attached hydrogens (tertiary/aromatic N) is 5. The third-order valence-corrected chi connectivity index (χ3v) is 5.24. The van der Waals surface area contributed by atoms with E-state index < -0.39 is 0 Å². The van der Waals surface area contributed by atoms with Crippen molar-refractivity contribution >= 4 is 22.8 Å². The summed E-state index contributed by atoms with van der Waals surface area (Å²) in [5.74, 6) is 0.981. The van der Waals surface area contributed by atoms with Crippen LogP contribution < -0.4 is 4.90 Å². The van der Waals surface area contributed by atoms with Crippen molar-refractivity contribution in [2.45, 2.75) is 18.4 Å². The number of hydrogen-bond donors (Lipinski definition) is 1. The maximum absolute atomic E-state index is 12.9. The van der Waals surface area contributed by atoms with Crippen molar-refractivity contribution in [3.8, 4) is 0 Å². The fraction of sp³-hybridized carbons (Fsp3) is 0.333. The van der Waals surface area contributed by atoms with Crippen molar-refractivity contribution in [1.82, 2.24) is 24.8 Å². The molecule has 126 valence electrons. The van der Waals surface area contributed by atoms with Gasteiger partial charge in [0.05, 0.1) is 10.9 Å². The van der Waals surface area contributed by atoms with Crippen LogP contribution in [0.25, 0.3) is 11.0 Å². The molecule has 1 saturated carbocycles. The van der Waals surface area contributed by atoms with Gasteiger partial charge >= 0.3 is 0 Å². The summed E-state index contributed by atoms with van der Waals surface area (Å²) in [7, 11) is 0. The lowest BCUT2D eigenvalue weighted by atomic mass is 10.1. The highest BCUT2D eigenvalue weighted by Gasteiger charge is 2.53. The molecule has 1 amide bonds. The molecule has 7 nitrogen and oxygen atoms in total. The molecule has 0 bridgehead atoms. The summed E-state index contributed by atoms with van der Waals surface area (Å²) in [4.78, 5) is 33.3. The van der Waals surface area contributed by atoms with Crippen LogP contribution in [0.5, 0.6) is 0 Å². The summed E-state index contributed by atoms with van der Waals surface area (Å²) in [6, 6.07) is 7.49. The largest absolute Gasteiger partial charge is 0.352 e. The summed E-state index contributed by atoms with van der Waals surface area (Å²) < 4.78 is 0. The van der Waals surface area contributed by atoms with E-state index in [4.69, 9.17) is 0 Å². The molecule has 25 heavy (non-hydrogen) atoms. The van der Waals surface area contributed by atoms with Crippen LogP contribution in [0.3, 0.4) is 0 Å². The lowest BCUT2D eigenvalue weighted by Crippen LogP contribution is -2.57. The van der Waals surface area contributed by atoms with Gasteiger partial charge in [-0.1, -0.05) is 6.07 Å². The van der Waals surface area contributed by atoms with E-state index >= 15 is 0 Å². The first-order valence-corrected chi connectivity index (χ1v) is 8.53. The fourth-order valence-corrected chi connectivity index (χ4v) is 3.79. The molecule has 1 N–H and O–H groups in total. The Morgan fingerprint density at radius 2 is 2.04 bits per heavy atom. The van der Waals surface area contributed by atoms with E-state index in [-0.39, 0.29) is 11.4 Å². The van der Waals surface area contributed by atoms with Gasteiger partial charge in [0, 0.05) is 32.0 Å². The first-order valence-electron chi connectivity index (χ1n) is 8.53. The Balaban J connectivity index is 1.43. The van der Waals surface area contributed by atoms with Gasteiger partial charge in [-0.25, -0.2) is 9.97 Å². The Morgan fingerprint density at radius 1 is 1.12 bits per heavy atom. The Kier molecular flexibility index (Phi) is 3.03. The summed E-state index contributed by atoms with van der Waals surface area (Å²) in [6.07, 6.45) is 7.22. The third-order valence-electron chi connectivity index (χ3n) is 5.24. The highest BCUT2D eigenvalue weighted by molar-refractivity contribution is 5.93. The second-order valence-corrected chi connectivity index (χ2v) is 6.75. The quantitative estimate of drug-likeness (QED) is 0.774. The van der Waals surface area contributed by atoms with Gasteiger partial charge in [-0.15, -0.1) is 0 Å². The van der Waals surface area contributed by atoms with Crippen molar-refractivity contribution in [2.75, 3.05) is 24.5 Å². The van der Waals surface area contributed by atoms with E-state index in [0.29, 0.717) is 12.2 Å². The molecule has 4 heterocycles. The molecule has 1 saturated heterocycles. The first kappa shape index (κ1) is 14.4. The number of aromatic amines is 1. The average molecular weight is 334 g/mol. The first-order chi connectivity index (χ1) is 12.3. The number of piperazine rings is 1. The van der Waals surface area contributed by atoms with Crippen LogP contribution in [0.1, 0.15) is 23.3 Å². The number of carbonyl (C=O) groups excluding carboxylic acids is 1. The Bertz CT molecular complexity index is 933. The molecule has 0 aromatic carbocycles. The average Bonchev–Trinajstić information content (AvgIpc) is 3.24. The van der Waals surface area contributed by atoms with Gasteiger partial charge in [-0.3, -0.25) is 9.78 Å². The predicted molar refractivity (Wildman–Crippen MR) is 93.3 cm³/mol. The number of aromatic nitrogens is 4. The van der Waals surface area contributed by atoms with Crippen molar-refractivity contribution in [3.05, 3.63) is 48.7 Å². The molecular weight excluding hydrogens is 316 g/mol. The number of amides is 1. The molecule has 5 rings (SSSR count). The summed E-state index contributed by atoms with van der Waals surface area (Å²) in [5.41, 5.74) is 1.29. The van der Waals surface area contributed by atoms with Crippen molar-refractivity contribution in [1.29, 1.82) is 0 Å². The minimum atomic E-state index is -0.0829. The summed E-state index contributed by atoms with van der Waals surface area (Å²) >= 11 is 0. The predicted octanol–water partition coefficient (Wildman–Crippen LogP) is 1.85. The van der Waals surface area contributed by atoms with Crippen LogP contribution in [-0.2, 0) is 0 Å². The molecule has 0 atom stereocenters. The van der Waals surface area contributed by atoms with Gasteiger partial charge in [0.15, 0.2) is 0 Å². The second kappa shape index (κ2) is 5.27. The number of carbonyl (C=O) groups is 1. The van der Waals surface area contributed by atoms with Crippen LogP contribution in [0.15, 0.2) is 43.0 Å². The highest BCUT2D eigenvalue weighted by Crippen LogP contribution is 2.45. The van der Waals surface area contributed by atoms with Crippen molar-refractivity contribution in [2.24, 2.45) is 0 Å². The number of hydrogen-bond acceptors (Lipinski definition) is 5. The Labute approximate surface area is 144 Å². The molecule has 3 aromatic heterocycles. The number of fused-ring (bicyclic) bond motifs is 1. The molecule has 0 unspecified atom stereocenters. The molecule has 3 aromatic rings. The molecule has 1 aliphatic carbocycles. The van der Waals surface area contributed by atoms with Gasteiger partial charge < -0.3 is 14.8 Å². The second-order valence-electron chi connectivity index (χ2n) is 6.75. The number of rotatable bonds is 2. The maximum atomic E-state index is 12.9. The lowest BCUT2D eigenvalue weighted by molar-refractivity contribution is 0.0618. The molecule has 2 aliphatic rings. The summed E-state index contributed by atoms with van der Waals surface area (Å²) in [6.45, 7) is 2.26. The Hall–Kier alpha value is -2.96. The minimum Gasteiger partial charge on any atom is -0.352 e. The molecule has 1 spiro atoms. The summed E-state index contributed by atoms with van der Waals surface area (Å²) in [5, 5.41) is 1.03. The number of nitrogens with one attached hydrogen (secondary N) is 1.